The van der Waals surface area contributed by atoms with Crippen LogP contribution in [-0.4, -0.2) is 36.4 Å². The number of fused-ring (bicyclic) bond motifs is 2. The fourth-order valence-electron chi connectivity index (χ4n) is 2.84. The van der Waals surface area contributed by atoms with Gasteiger partial charge in [-0.1, -0.05) is 22.0 Å². The lowest BCUT2D eigenvalue weighted by atomic mass is 10.1. The van der Waals surface area contributed by atoms with Crippen molar-refractivity contribution in [2.24, 2.45) is 0 Å². The molecule has 1 amide bonds. The molecule has 1 aliphatic heterocycles. The van der Waals surface area contributed by atoms with Crippen LogP contribution in [0.4, 0.5) is 5.82 Å². The molecule has 3 aromatic rings. The average molecular weight is 402 g/mol. The SMILES string of the molecule is CN(C(=O)Cc1ccc2c(c1)OCCO2)c1n[nH]c2ccc(Br)cc12. The topological polar surface area (TPSA) is 67.5 Å². The van der Waals surface area contributed by atoms with Crippen molar-refractivity contribution in [2.45, 2.75) is 6.42 Å². The Morgan fingerprint density at radius 1 is 1.20 bits per heavy atom. The first-order chi connectivity index (χ1) is 12.1. The van der Waals surface area contributed by atoms with Gasteiger partial charge < -0.3 is 9.47 Å². The van der Waals surface area contributed by atoms with E-state index < -0.39 is 0 Å². The van der Waals surface area contributed by atoms with E-state index in [1.54, 1.807) is 11.9 Å². The molecular weight excluding hydrogens is 386 g/mol. The van der Waals surface area contributed by atoms with Gasteiger partial charge in [-0.15, -0.1) is 0 Å². The van der Waals surface area contributed by atoms with Crippen LogP contribution in [0.2, 0.25) is 0 Å². The van der Waals surface area contributed by atoms with E-state index >= 15 is 0 Å². The molecule has 7 heteroatoms. The molecule has 0 fully saturated rings. The Morgan fingerprint density at radius 3 is 2.84 bits per heavy atom. The standard InChI is InChI=1S/C18H16BrN3O3/c1-22(18-13-10-12(19)3-4-14(13)20-21-18)17(23)9-11-2-5-15-16(8-11)25-7-6-24-15/h2-5,8,10H,6-7,9H2,1H3,(H,20,21). The third kappa shape index (κ3) is 3.07. The van der Waals surface area contributed by atoms with Crippen molar-refractivity contribution in [1.82, 2.24) is 10.2 Å². The molecule has 25 heavy (non-hydrogen) atoms. The van der Waals surface area contributed by atoms with Gasteiger partial charge in [0, 0.05) is 16.9 Å². The van der Waals surface area contributed by atoms with Gasteiger partial charge >= 0.3 is 0 Å². The molecule has 0 atom stereocenters. The summed E-state index contributed by atoms with van der Waals surface area (Å²) < 4.78 is 12.0. The normalized spacial score (nSPS) is 13.0. The summed E-state index contributed by atoms with van der Waals surface area (Å²) in [5.41, 5.74) is 1.76. The van der Waals surface area contributed by atoms with E-state index in [1.165, 1.54) is 0 Å². The minimum atomic E-state index is -0.0509. The Kier molecular flexibility index (Phi) is 4.09. The monoisotopic (exact) mass is 401 g/mol. The predicted octanol–water partition coefficient (Wildman–Crippen LogP) is 3.30. The number of carbonyl (C=O) groups is 1. The smallest absolute Gasteiger partial charge is 0.232 e. The van der Waals surface area contributed by atoms with Crippen molar-refractivity contribution in [3.63, 3.8) is 0 Å². The van der Waals surface area contributed by atoms with Crippen molar-refractivity contribution in [2.75, 3.05) is 25.2 Å². The number of aromatic nitrogens is 2. The van der Waals surface area contributed by atoms with Crippen LogP contribution in [0, 0.1) is 0 Å². The fourth-order valence-corrected chi connectivity index (χ4v) is 3.20. The molecule has 0 aliphatic carbocycles. The summed E-state index contributed by atoms with van der Waals surface area (Å²) >= 11 is 3.46. The molecule has 0 saturated carbocycles. The van der Waals surface area contributed by atoms with E-state index in [-0.39, 0.29) is 12.3 Å². The number of amides is 1. The Balaban J connectivity index is 1.57. The molecule has 0 bridgehead atoms. The highest BCUT2D eigenvalue weighted by atomic mass is 79.9. The van der Waals surface area contributed by atoms with Gasteiger partial charge in [-0.25, -0.2) is 0 Å². The lowest BCUT2D eigenvalue weighted by molar-refractivity contribution is -0.117. The third-order valence-electron chi connectivity index (χ3n) is 4.16. The van der Waals surface area contributed by atoms with Crippen LogP contribution < -0.4 is 14.4 Å². The molecule has 1 aromatic heterocycles. The highest BCUT2D eigenvalue weighted by molar-refractivity contribution is 9.10. The largest absolute Gasteiger partial charge is 0.486 e. The second-order valence-corrected chi connectivity index (χ2v) is 6.76. The number of halogens is 1. The molecule has 1 aliphatic rings. The maximum atomic E-state index is 12.7. The van der Waals surface area contributed by atoms with Gasteiger partial charge in [-0.05, 0) is 35.9 Å². The van der Waals surface area contributed by atoms with Gasteiger partial charge in [-0.3, -0.25) is 14.8 Å². The van der Waals surface area contributed by atoms with Gasteiger partial charge in [0.15, 0.2) is 17.3 Å². The van der Waals surface area contributed by atoms with Crippen LogP contribution in [0.15, 0.2) is 40.9 Å². The third-order valence-corrected chi connectivity index (χ3v) is 4.65. The predicted molar refractivity (Wildman–Crippen MR) is 98.3 cm³/mol. The summed E-state index contributed by atoms with van der Waals surface area (Å²) in [5.74, 6) is 1.97. The zero-order valence-electron chi connectivity index (χ0n) is 13.6. The molecule has 0 saturated heterocycles. The number of carbonyl (C=O) groups excluding carboxylic acids is 1. The molecule has 2 heterocycles. The number of hydrogen-bond acceptors (Lipinski definition) is 4. The maximum absolute atomic E-state index is 12.7. The number of nitrogens with zero attached hydrogens (tertiary/aromatic N) is 2. The molecule has 1 N–H and O–H groups in total. The Hall–Kier alpha value is -2.54. The number of aromatic amines is 1. The highest BCUT2D eigenvalue weighted by Crippen LogP contribution is 2.31. The minimum Gasteiger partial charge on any atom is -0.486 e. The first-order valence-electron chi connectivity index (χ1n) is 7.90. The summed E-state index contributed by atoms with van der Waals surface area (Å²) in [5, 5.41) is 8.13. The summed E-state index contributed by atoms with van der Waals surface area (Å²) in [6, 6.07) is 11.4. The first-order valence-corrected chi connectivity index (χ1v) is 8.70. The number of rotatable bonds is 3. The lowest BCUT2D eigenvalue weighted by Crippen LogP contribution is -2.28. The molecular formula is C18H16BrN3O3. The summed E-state index contributed by atoms with van der Waals surface area (Å²) in [6.45, 7) is 1.08. The van der Waals surface area contributed by atoms with Crippen molar-refractivity contribution in [3.05, 3.63) is 46.4 Å². The van der Waals surface area contributed by atoms with Crippen LogP contribution in [0.3, 0.4) is 0 Å². The second-order valence-electron chi connectivity index (χ2n) is 5.84. The molecule has 2 aromatic carbocycles. The fraction of sp³-hybridized carbons (Fsp3) is 0.222. The van der Waals surface area contributed by atoms with E-state index in [9.17, 15) is 4.79 Å². The Morgan fingerprint density at radius 2 is 2.00 bits per heavy atom. The molecule has 0 unspecified atom stereocenters. The maximum Gasteiger partial charge on any atom is 0.232 e. The average Bonchev–Trinajstić information content (AvgIpc) is 3.04. The Labute approximate surface area is 152 Å². The van der Waals surface area contributed by atoms with E-state index in [4.69, 9.17) is 9.47 Å². The van der Waals surface area contributed by atoms with E-state index in [0.717, 1.165) is 26.7 Å². The number of H-pyrrole nitrogens is 1. The highest BCUT2D eigenvalue weighted by Gasteiger charge is 2.19. The number of anilines is 1. The van der Waals surface area contributed by atoms with Gasteiger partial charge in [0.25, 0.3) is 0 Å². The summed E-state index contributed by atoms with van der Waals surface area (Å²) in [7, 11) is 1.73. The number of hydrogen-bond donors (Lipinski definition) is 1. The molecule has 4 rings (SSSR count). The van der Waals surface area contributed by atoms with Crippen molar-refractivity contribution in [3.8, 4) is 11.5 Å². The van der Waals surface area contributed by atoms with E-state index in [2.05, 4.69) is 26.1 Å². The lowest BCUT2D eigenvalue weighted by Gasteiger charge is -2.19. The molecule has 0 radical (unpaired) electrons. The van der Waals surface area contributed by atoms with Crippen molar-refractivity contribution >= 4 is 38.6 Å². The number of nitrogens with one attached hydrogen (secondary N) is 1. The molecule has 0 spiro atoms. The second kappa shape index (κ2) is 6.40. The summed E-state index contributed by atoms with van der Waals surface area (Å²) in [4.78, 5) is 14.3. The van der Waals surface area contributed by atoms with Gasteiger partial charge in [-0.2, -0.15) is 5.10 Å². The van der Waals surface area contributed by atoms with Crippen LogP contribution >= 0.6 is 15.9 Å². The molecule has 6 nitrogen and oxygen atoms in total. The van der Waals surface area contributed by atoms with Crippen LogP contribution in [0.5, 0.6) is 11.5 Å². The van der Waals surface area contributed by atoms with Gasteiger partial charge in [0.05, 0.1) is 11.9 Å². The van der Waals surface area contributed by atoms with Crippen LogP contribution in [0.25, 0.3) is 10.9 Å². The van der Waals surface area contributed by atoms with E-state index in [1.807, 2.05) is 36.4 Å². The van der Waals surface area contributed by atoms with Crippen molar-refractivity contribution < 1.29 is 14.3 Å². The van der Waals surface area contributed by atoms with Crippen molar-refractivity contribution in [1.29, 1.82) is 0 Å². The first kappa shape index (κ1) is 16.0. The number of ether oxygens (including phenoxy) is 2. The quantitative estimate of drug-likeness (QED) is 0.730. The van der Waals surface area contributed by atoms with E-state index in [0.29, 0.717) is 24.8 Å². The number of likely N-dealkylation sites (N-methyl/N-ethyl adjacent to an activating group) is 1. The zero-order valence-corrected chi connectivity index (χ0v) is 15.2. The zero-order chi connectivity index (χ0) is 17.4. The molecule has 128 valence electrons. The van der Waals surface area contributed by atoms with Gasteiger partial charge in [0.1, 0.15) is 13.2 Å². The number of benzene rings is 2. The van der Waals surface area contributed by atoms with Gasteiger partial charge in [0.2, 0.25) is 5.91 Å². The Bertz CT molecular complexity index is 954. The summed E-state index contributed by atoms with van der Waals surface area (Å²) in [6.07, 6.45) is 0.259. The minimum absolute atomic E-state index is 0.0509. The van der Waals surface area contributed by atoms with Crippen LogP contribution in [0.1, 0.15) is 5.56 Å². The van der Waals surface area contributed by atoms with Crippen LogP contribution in [-0.2, 0) is 11.2 Å².